The van der Waals surface area contributed by atoms with Gasteiger partial charge >= 0.3 is 0 Å². The summed E-state index contributed by atoms with van der Waals surface area (Å²) in [6.45, 7) is 2.26. The number of rotatable bonds is 8. The van der Waals surface area contributed by atoms with E-state index in [0.29, 0.717) is 12.0 Å². The van der Waals surface area contributed by atoms with Crippen molar-refractivity contribution in [1.82, 2.24) is 5.43 Å². The van der Waals surface area contributed by atoms with Crippen LogP contribution in [0, 0.1) is 0 Å². The van der Waals surface area contributed by atoms with Crippen LogP contribution in [-0.2, 0) is 6.42 Å². The Morgan fingerprint density at radius 3 is 2.72 bits per heavy atom. The van der Waals surface area contributed by atoms with Crippen LogP contribution in [0.15, 0.2) is 24.3 Å². The second-order valence-electron chi connectivity index (χ2n) is 5.49. The summed E-state index contributed by atoms with van der Waals surface area (Å²) in [4.78, 5) is 0. The summed E-state index contributed by atoms with van der Waals surface area (Å²) in [6.07, 6.45) is 9.10. The first kappa shape index (κ1) is 13.6. The number of benzene rings is 1. The van der Waals surface area contributed by atoms with Gasteiger partial charge < -0.3 is 0 Å². The molecular formula is C16H26N2. The number of fused-ring (bicyclic) bond motifs is 1. The van der Waals surface area contributed by atoms with E-state index in [0.717, 1.165) is 0 Å². The molecule has 1 aliphatic carbocycles. The van der Waals surface area contributed by atoms with Crippen molar-refractivity contribution in [2.24, 2.45) is 5.84 Å². The van der Waals surface area contributed by atoms with Gasteiger partial charge in [0.1, 0.15) is 0 Å². The number of hydrogen-bond acceptors (Lipinski definition) is 2. The Bertz CT molecular complexity index is 362. The van der Waals surface area contributed by atoms with Gasteiger partial charge in [0.05, 0.1) is 0 Å². The Labute approximate surface area is 111 Å². The monoisotopic (exact) mass is 246 g/mol. The van der Waals surface area contributed by atoms with E-state index in [-0.39, 0.29) is 0 Å². The third-order valence-corrected chi connectivity index (χ3v) is 4.21. The zero-order chi connectivity index (χ0) is 12.8. The van der Waals surface area contributed by atoms with Crippen molar-refractivity contribution in [3.63, 3.8) is 0 Å². The molecule has 2 atom stereocenters. The minimum atomic E-state index is 0.460. The van der Waals surface area contributed by atoms with Crippen molar-refractivity contribution in [2.75, 3.05) is 0 Å². The van der Waals surface area contributed by atoms with Crippen LogP contribution in [0.2, 0.25) is 0 Å². The van der Waals surface area contributed by atoms with E-state index in [1.165, 1.54) is 56.1 Å². The molecule has 0 heterocycles. The number of nitrogens with one attached hydrogen (secondary N) is 1. The lowest BCUT2D eigenvalue weighted by atomic mass is 9.72. The topological polar surface area (TPSA) is 38.0 Å². The molecule has 0 saturated carbocycles. The maximum absolute atomic E-state index is 5.73. The standard InChI is InChI=1S/C16H26N2/c1-2-3-4-5-6-11-16(18-17)15-12-13-9-7-8-10-14(13)15/h7-10,15-16,18H,2-6,11-12,17H2,1H3. The number of hydrazine groups is 1. The Morgan fingerprint density at radius 2 is 2.00 bits per heavy atom. The molecule has 100 valence electrons. The van der Waals surface area contributed by atoms with Gasteiger partial charge in [0.25, 0.3) is 0 Å². The van der Waals surface area contributed by atoms with Gasteiger partial charge in [-0.05, 0) is 24.0 Å². The van der Waals surface area contributed by atoms with Crippen LogP contribution in [0.25, 0.3) is 0 Å². The van der Waals surface area contributed by atoms with Crippen LogP contribution < -0.4 is 11.3 Å². The molecule has 18 heavy (non-hydrogen) atoms. The van der Waals surface area contributed by atoms with Gasteiger partial charge in [-0.25, -0.2) is 0 Å². The Hall–Kier alpha value is -0.860. The predicted molar refractivity (Wildman–Crippen MR) is 77.4 cm³/mol. The van der Waals surface area contributed by atoms with E-state index < -0.39 is 0 Å². The number of unbranched alkanes of at least 4 members (excludes halogenated alkanes) is 4. The van der Waals surface area contributed by atoms with Gasteiger partial charge in [-0.3, -0.25) is 11.3 Å². The van der Waals surface area contributed by atoms with E-state index in [1.807, 2.05) is 0 Å². The average Bonchev–Trinajstić information content (AvgIpc) is 2.37. The molecule has 2 rings (SSSR count). The molecule has 1 aromatic rings. The molecule has 0 spiro atoms. The second kappa shape index (κ2) is 6.91. The maximum atomic E-state index is 5.73. The quantitative estimate of drug-likeness (QED) is 0.418. The smallest absolute Gasteiger partial charge is 0.0282 e. The maximum Gasteiger partial charge on any atom is 0.0282 e. The summed E-state index contributed by atoms with van der Waals surface area (Å²) in [7, 11) is 0. The van der Waals surface area contributed by atoms with E-state index in [1.54, 1.807) is 0 Å². The predicted octanol–water partition coefficient (Wildman–Crippen LogP) is 3.52. The van der Waals surface area contributed by atoms with Gasteiger partial charge in [0.2, 0.25) is 0 Å². The summed E-state index contributed by atoms with van der Waals surface area (Å²) in [5.41, 5.74) is 6.05. The minimum absolute atomic E-state index is 0.460. The lowest BCUT2D eigenvalue weighted by Crippen LogP contribution is -2.43. The van der Waals surface area contributed by atoms with Crippen LogP contribution in [-0.4, -0.2) is 6.04 Å². The van der Waals surface area contributed by atoms with Gasteiger partial charge in [0, 0.05) is 12.0 Å². The molecule has 0 fully saturated rings. The molecule has 0 saturated heterocycles. The summed E-state index contributed by atoms with van der Waals surface area (Å²) >= 11 is 0. The SMILES string of the molecule is CCCCCCCC(NN)C1Cc2ccccc21. The Kier molecular flexibility index (Phi) is 5.21. The third-order valence-electron chi connectivity index (χ3n) is 4.21. The third kappa shape index (κ3) is 3.12. The van der Waals surface area contributed by atoms with E-state index in [4.69, 9.17) is 5.84 Å². The van der Waals surface area contributed by atoms with Crippen LogP contribution in [0.1, 0.15) is 62.5 Å². The molecule has 2 heteroatoms. The molecule has 3 N–H and O–H groups in total. The highest BCUT2D eigenvalue weighted by Gasteiger charge is 2.31. The average molecular weight is 246 g/mol. The van der Waals surface area contributed by atoms with Crippen molar-refractivity contribution < 1.29 is 0 Å². The van der Waals surface area contributed by atoms with Gasteiger partial charge in [0.15, 0.2) is 0 Å². The second-order valence-corrected chi connectivity index (χ2v) is 5.49. The molecule has 1 aliphatic rings. The number of nitrogens with two attached hydrogens (primary N) is 1. The van der Waals surface area contributed by atoms with E-state index >= 15 is 0 Å². The fraction of sp³-hybridized carbons (Fsp3) is 0.625. The summed E-state index contributed by atoms with van der Waals surface area (Å²) in [6, 6.07) is 9.22. The molecule has 0 aliphatic heterocycles. The Balaban J connectivity index is 1.77. The van der Waals surface area contributed by atoms with Crippen molar-refractivity contribution in [1.29, 1.82) is 0 Å². The molecule has 0 aromatic heterocycles. The van der Waals surface area contributed by atoms with Gasteiger partial charge in [-0.2, -0.15) is 0 Å². The van der Waals surface area contributed by atoms with Crippen molar-refractivity contribution >= 4 is 0 Å². The van der Waals surface area contributed by atoms with Gasteiger partial charge in [-0.1, -0.05) is 63.3 Å². The van der Waals surface area contributed by atoms with E-state index in [9.17, 15) is 0 Å². The minimum Gasteiger partial charge on any atom is -0.271 e. The molecule has 2 unspecified atom stereocenters. The molecule has 0 radical (unpaired) electrons. The largest absolute Gasteiger partial charge is 0.271 e. The molecule has 0 amide bonds. The van der Waals surface area contributed by atoms with Crippen LogP contribution in [0.4, 0.5) is 0 Å². The fourth-order valence-corrected chi connectivity index (χ4v) is 3.03. The summed E-state index contributed by atoms with van der Waals surface area (Å²) in [5, 5.41) is 0. The zero-order valence-corrected chi connectivity index (χ0v) is 11.5. The molecule has 1 aromatic carbocycles. The van der Waals surface area contributed by atoms with E-state index in [2.05, 4.69) is 36.6 Å². The van der Waals surface area contributed by atoms with Gasteiger partial charge in [-0.15, -0.1) is 0 Å². The lowest BCUT2D eigenvalue weighted by Gasteiger charge is -2.36. The normalized spacial score (nSPS) is 19.1. The van der Waals surface area contributed by atoms with Crippen LogP contribution in [0.5, 0.6) is 0 Å². The fourth-order valence-electron chi connectivity index (χ4n) is 3.03. The lowest BCUT2D eigenvalue weighted by molar-refractivity contribution is 0.371. The summed E-state index contributed by atoms with van der Waals surface area (Å²) in [5.74, 6) is 6.37. The first-order valence-corrected chi connectivity index (χ1v) is 7.40. The van der Waals surface area contributed by atoms with Crippen molar-refractivity contribution in [3.05, 3.63) is 35.4 Å². The van der Waals surface area contributed by atoms with Crippen molar-refractivity contribution in [2.45, 2.75) is 63.8 Å². The summed E-state index contributed by atoms with van der Waals surface area (Å²) < 4.78 is 0. The highest BCUT2D eigenvalue weighted by Crippen LogP contribution is 2.38. The highest BCUT2D eigenvalue weighted by molar-refractivity contribution is 5.41. The first-order chi connectivity index (χ1) is 8.86. The molecular weight excluding hydrogens is 220 g/mol. The Morgan fingerprint density at radius 1 is 1.22 bits per heavy atom. The highest BCUT2D eigenvalue weighted by atomic mass is 15.2. The zero-order valence-electron chi connectivity index (χ0n) is 11.5. The number of hydrogen-bond donors (Lipinski definition) is 2. The first-order valence-electron chi connectivity index (χ1n) is 7.40. The van der Waals surface area contributed by atoms with Crippen molar-refractivity contribution in [3.8, 4) is 0 Å². The van der Waals surface area contributed by atoms with Crippen LogP contribution >= 0.6 is 0 Å². The van der Waals surface area contributed by atoms with Crippen LogP contribution in [0.3, 0.4) is 0 Å². The molecule has 2 nitrogen and oxygen atoms in total. The molecule has 0 bridgehead atoms.